The first kappa shape index (κ1) is 22.6. The van der Waals surface area contributed by atoms with Crippen molar-refractivity contribution in [3.8, 4) is 0 Å². The summed E-state index contributed by atoms with van der Waals surface area (Å²) in [6.07, 6.45) is 0. The van der Waals surface area contributed by atoms with Crippen LogP contribution in [0, 0.1) is 13.8 Å². The first-order chi connectivity index (χ1) is 10.8. The van der Waals surface area contributed by atoms with Gasteiger partial charge in [0.2, 0.25) is 0 Å². The summed E-state index contributed by atoms with van der Waals surface area (Å²) >= 11 is 3.65. The van der Waals surface area contributed by atoms with Crippen molar-refractivity contribution < 1.29 is 22.0 Å². The van der Waals surface area contributed by atoms with Crippen molar-refractivity contribution in [3.63, 3.8) is 0 Å². The van der Waals surface area contributed by atoms with E-state index in [4.69, 9.17) is 22.0 Å². The first-order valence-corrected chi connectivity index (χ1v) is 11.5. The van der Waals surface area contributed by atoms with Crippen molar-refractivity contribution >= 4 is 29.6 Å². The third kappa shape index (κ3) is 8.90. The first-order valence-electron chi connectivity index (χ1n) is 7.57. The smallest absolute Gasteiger partial charge is 0.459 e. The second kappa shape index (κ2) is 12.1. The molecule has 8 heteroatoms. The highest BCUT2D eigenvalue weighted by Crippen LogP contribution is 2.21. The normalized spacial score (nSPS) is 11.3. The molecule has 5 nitrogen and oxygen atoms in total. The Morgan fingerprint density at radius 1 is 1.09 bits per heavy atom. The summed E-state index contributed by atoms with van der Waals surface area (Å²) in [7, 11) is -4.62. The lowest BCUT2D eigenvalue weighted by Crippen LogP contribution is -2.48. The van der Waals surface area contributed by atoms with Gasteiger partial charge in [-0.1, -0.05) is 27.8 Å². The van der Waals surface area contributed by atoms with Crippen LogP contribution >= 0.6 is 0 Å². The van der Waals surface area contributed by atoms with Crippen LogP contribution in [0.1, 0.15) is 37.5 Å². The summed E-state index contributed by atoms with van der Waals surface area (Å²) in [5.74, 6) is 0. The van der Waals surface area contributed by atoms with Gasteiger partial charge in [0.25, 0.3) is 0 Å². The number of benzene rings is 1. The highest BCUT2D eigenvalue weighted by molar-refractivity contribution is 8.18. The molecule has 1 N–H and O–H groups in total. The molecule has 0 heterocycles. The quantitative estimate of drug-likeness (QED) is 0.425. The predicted octanol–water partition coefficient (Wildman–Crippen LogP) is 3.32. The van der Waals surface area contributed by atoms with E-state index in [-0.39, 0.29) is 0 Å². The summed E-state index contributed by atoms with van der Waals surface area (Å²) < 4.78 is 34.0. The molecule has 1 aromatic carbocycles. The van der Waals surface area contributed by atoms with E-state index in [0.29, 0.717) is 19.8 Å². The van der Waals surface area contributed by atoms with E-state index >= 15 is 0 Å². The van der Waals surface area contributed by atoms with Gasteiger partial charge in [0.15, 0.2) is 0 Å². The molecule has 0 atom stereocenters. The van der Waals surface area contributed by atoms with E-state index in [9.17, 15) is 0 Å². The molecular weight excluding hydrogens is 352 g/mol. The number of aryl methyl sites for hydroxylation is 1. The van der Waals surface area contributed by atoms with Gasteiger partial charge in [0.1, 0.15) is 0 Å². The molecule has 0 saturated heterocycles. The second-order valence-electron chi connectivity index (χ2n) is 4.73. The molecule has 0 spiro atoms. The Bertz CT molecular complexity index is 510. The molecule has 0 aliphatic carbocycles. The molecular formula is C15H27O5S2Si-. The number of hydrogen-bond donors (Lipinski definition) is 1. The van der Waals surface area contributed by atoms with Gasteiger partial charge >= 0.3 is 8.80 Å². The van der Waals surface area contributed by atoms with E-state index in [1.165, 1.54) is 16.7 Å². The van der Waals surface area contributed by atoms with Crippen LogP contribution in [0.15, 0.2) is 18.2 Å². The molecule has 134 valence electrons. The minimum atomic E-state index is -2.59. The molecule has 23 heavy (non-hydrogen) atoms. The van der Waals surface area contributed by atoms with Crippen LogP contribution in [-0.4, -0.2) is 33.2 Å². The second-order valence-corrected chi connectivity index (χ2v) is 8.61. The Morgan fingerprint density at radius 3 is 1.91 bits per heavy atom. The summed E-state index contributed by atoms with van der Waals surface area (Å²) in [4.78, 5) is 0. The molecule has 1 aromatic rings. The summed E-state index contributed by atoms with van der Waals surface area (Å²) in [6, 6.07) is 7.10. The largest absolute Gasteiger partial charge is 0.505 e. The average Bonchev–Trinajstić information content (AvgIpc) is 2.44. The maximum atomic E-state index is 8.93. The van der Waals surface area contributed by atoms with Gasteiger partial charge in [-0.05, 0) is 51.3 Å². The topological polar surface area (TPSA) is 65.0 Å². The van der Waals surface area contributed by atoms with Gasteiger partial charge < -0.3 is 22.0 Å². The fraction of sp³-hybridized carbons (Fsp3) is 0.600. The number of rotatable bonds is 8. The molecule has 0 radical (unpaired) electrons. The molecule has 0 aromatic heterocycles. The lowest BCUT2D eigenvalue weighted by Gasteiger charge is -2.29. The molecule has 0 unspecified atom stereocenters. The standard InChI is InChI=1S/C15H26O3Si.HO2S2/c1-6-16-19(17-7-2,18-8-3)12-15-11-9-10-13(4)14(15)5;1-4(2)3/h9-11H,6-8,12H2,1-5H3;(H,1,2,3)/q;-1. The van der Waals surface area contributed by atoms with Gasteiger partial charge in [0, 0.05) is 25.9 Å². The maximum absolute atomic E-state index is 8.93. The van der Waals surface area contributed by atoms with Gasteiger partial charge in [-0.15, -0.1) is 0 Å². The molecule has 1 rings (SSSR count). The third-order valence-electron chi connectivity index (χ3n) is 3.22. The molecule has 0 aliphatic rings. The zero-order valence-corrected chi connectivity index (χ0v) is 17.1. The van der Waals surface area contributed by atoms with Crippen LogP contribution in [0.5, 0.6) is 0 Å². The molecule has 0 fully saturated rings. The van der Waals surface area contributed by atoms with Crippen molar-refractivity contribution in [1.82, 2.24) is 0 Å². The van der Waals surface area contributed by atoms with Crippen LogP contribution in [0.25, 0.3) is 0 Å². The van der Waals surface area contributed by atoms with Crippen molar-refractivity contribution in [2.75, 3.05) is 19.8 Å². The van der Waals surface area contributed by atoms with Crippen LogP contribution in [0.3, 0.4) is 0 Å². The molecule has 0 amide bonds. The summed E-state index contributed by atoms with van der Waals surface area (Å²) in [5.41, 5.74) is 3.87. The summed E-state index contributed by atoms with van der Waals surface area (Å²) in [6.45, 7) is 12.1. The van der Waals surface area contributed by atoms with Crippen molar-refractivity contribution in [3.05, 3.63) is 34.9 Å². The van der Waals surface area contributed by atoms with Crippen molar-refractivity contribution in [2.45, 2.75) is 40.7 Å². The van der Waals surface area contributed by atoms with Crippen LogP contribution in [0.2, 0.25) is 0 Å². The van der Waals surface area contributed by atoms with Gasteiger partial charge in [-0.3, -0.25) is 0 Å². The van der Waals surface area contributed by atoms with Gasteiger partial charge in [-0.2, -0.15) is 0 Å². The predicted molar refractivity (Wildman–Crippen MR) is 98.3 cm³/mol. The Hall–Kier alpha value is -0.353. The third-order valence-corrected chi connectivity index (χ3v) is 6.22. The lowest BCUT2D eigenvalue weighted by atomic mass is 10.1. The Kier molecular flexibility index (Phi) is 11.9. The van der Waals surface area contributed by atoms with E-state index in [0.717, 1.165) is 6.04 Å². The Morgan fingerprint density at radius 2 is 1.52 bits per heavy atom. The zero-order chi connectivity index (χ0) is 17.9. The monoisotopic (exact) mass is 379 g/mol. The fourth-order valence-corrected chi connectivity index (χ4v) is 4.90. The van der Waals surface area contributed by atoms with Gasteiger partial charge in [0.05, 0.1) is 0 Å². The van der Waals surface area contributed by atoms with Crippen LogP contribution in [-0.2, 0) is 44.4 Å². The highest BCUT2D eigenvalue weighted by Gasteiger charge is 2.41. The lowest BCUT2D eigenvalue weighted by molar-refractivity contribution is 0.0703. The van der Waals surface area contributed by atoms with E-state index in [1.54, 1.807) is 0 Å². The van der Waals surface area contributed by atoms with Crippen LogP contribution in [0.4, 0.5) is 0 Å². The SMILES string of the molecule is CCO[Si](Cc1cccc(C)c1C)(OCC)OCC.O=[S-](O)=S. The minimum absolute atomic E-state index is 0.622. The van der Waals surface area contributed by atoms with Crippen molar-refractivity contribution in [1.29, 1.82) is 0 Å². The van der Waals surface area contributed by atoms with E-state index in [1.807, 2.05) is 20.8 Å². The van der Waals surface area contributed by atoms with Crippen LogP contribution < -0.4 is 0 Å². The number of hydrogen-bond acceptors (Lipinski definition) is 6. The van der Waals surface area contributed by atoms with E-state index < -0.39 is 18.4 Å². The van der Waals surface area contributed by atoms with E-state index in [2.05, 4.69) is 43.2 Å². The minimum Gasteiger partial charge on any atom is -0.459 e. The van der Waals surface area contributed by atoms with Crippen molar-refractivity contribution in [2.24, 2.45) is 0 Å². The average molecular weight is 380 g/mol. The molecule has 0 bridgehead atoms. The molecule has 0 aliphatic heterocycles. The highest BCUT2D eigenvalue weighted by atomic mass is 32.8. The maximum Gasteiger partial charge on any atom is 0.505 e. The Balaban J connectivity index is 0.00000108. The Labute approximate surface area is 147 Å². The fourth-order valence-electron chi connectivity index (χ4n) is 2.17. The summed E-state index contributed by atoms with van der Waals surface area (Å²) in [5, 5.41) is 0. The zero-order valence-electron chi connectivity index (χ0n) is 14.5. The van der Waals surface area contributed by atoms with Gasteiger partial charge in [-0.25, -0.2) is 11.2 Å². The molecule has 0 saturated carbocycles.